The lowest BCUT2D eigenvalue weighted by Gasteiger charge is -2.44. The zero-order valence-electron chi connectivity index (χ0n) is 12.7. The molecule has 22 heavy (non-hydrogen) atoms. The van der Waals surface area contributed by atoms with Crippen LogP contribution in [0, 0.1) is 0 Å². The van der Waals surface area contributed by atoms with Crippen molar-refractivity contribution in [3.63, 3.8) is 0 Å². The van der Waals surface area contributed by atoms with Crippen LogP contribution in [0.15, 0.2) is 18.2 Å². The number of hydroxylamine groups is 1. The molecule has 120 valence electrons. The molecule has 1 atom stereocenters. The molecule has 0 aliphatic carbocycles. The topological polar surface area (TPSA) is 82.0 Å². The number of rotatable bonds is 2. The quantitative estimate of drug-likeness (QED) is 0.568. The average molecular weight is 306 g/mol. The van der Waals surface area contributed by atoms with E-state index in [1.54, 1.807) is 13.0 Å². The fourth-order valence-corrected chi connectivity index (χ4v) is 3.49. The molecule has 0 bridgehead atoms. The predicted octanol–water partition coefficient (Wildman–Crippen LogP) is 1.36. The van der Waals surface area contributed by atoms with Crippen molar-refractivity contribution in [2.75, 3.05) is 13.1 Å². The Hall–Kier alpha value is -1.63. The summed E-state index contributed by atoms with van der Waals surface area (Å²) in [6.07, 6.45) is 2.21. The zero-order valence-corrected chi connectivity index (χ0v) is 12.7. The highest BCUT2D eigenvalue weighted by atomic mass is 16.5. The predicted molar refractivity (Wildman–Crippen MR) is 79.5 cm³/mol. The molecule has 1 aromatic rings. The lowest BCUT2D eigenvalue weighted by molar-refractivity contribution is -0.132. The van der Waals surface area contributed by atoms with Crippen LogP contribution in [0.1, 0.15) is 43.5 Å². The van der Waals surface area contributed by atoms with E-state index >= 15 is 0 Å². The number of carbonyl (C=O) groups is 1. The van der Waals surface area contributed by atoms with Crippen molar-refractivity contribution in [3.8, 4) is 5.75 Å². The molecule has 6 heteroatoms. The van der Waals surface area contributed by atoms with Crippen molar-refractivity contribution in [2.24, 2.45) is 0 Å². The molecule has 2 aliphatic heterocycles. The van der Waals surface area contributed by atoms with Gasteiger partial charge in [-0.15, -0.1) is 0 Å². The van der Waals surface area contributed by atoms with E-state index in [2.05, 4.69) is 0 Å². The van der Waals surface area contributed by atoms with Gasteiger partial charge in [0.05, 0.1) is 0 Å². The first-order chi connectivity index (χ1) is 10.5. The van der Waals surface area contributed by atoms with Gasteiger partial charge >= 0.3 is 0 Å². The second-order valence-corrected chi connectivity index (χ2v) is 6.15. The highest BCUT2D eigenvalue weighted by Gasteiger charge is 2.40. The van der Waals surface area contributed by atoms with Gasteiger partial charge in [-0.05, 0) is 18.9 Å². The smallest absolute Gasteiger partial charge is 0.219 e. The van der Waals surface area contributed by atoms with E-state index in [0.717, 1.165) is 50.1 Å². The van der Waals surface area contributed by atoms with Gasteiger partial charge in [0.15, 0.2) is 6.23 Å². The summed E-state index contributed by atoms with van der Waals surface area (Å²) in [5.74, 6) is 0.889. The van der Waals surface area contributed by atoms with Crippen LogP contribution in [-0.2, 0) is 11.2 Å². The summed E-state index contributed by atoms with van der Waals surface area (Å²) < 4.78 is 6.27. The molecule has 1 amide bonds. The van der Waals surface area contributed by atoms with Crippen molar-refractivity contribution < 1.29 is 19.8 Å². The first-order valence-electron chi connectivity index (χ1n) is 7.69. The second-order valence-electron chi connectivity index (χ2n) is 6.15. The molecule has 1 saturated heterocycles. The van der Waals surface area contributed by atoms with Gasteiger partial charge in [-0.2, -0.15) is 5.48 Å². The lowest BCUT2D eigenvalue weighted by atomic mass is 9.82. The number of nitrogens with zero attached hydrogens (tertiary/aromatic N) is 1. The number of aliphatic hydroxyl groups excluding tert-OH is 1. The highest BCUT2D eigenvalue weighted by molar-refractivity contribution is 5.73. The standard InChI is InChI=1S/C16H22N2O4/c1-11(19)18-9-7-16(8-10-18)6-5-12-13(15(20)17-21)3-2-4-14(12)22-16/h2-4,15,17,20-21H,5-10H2,1H3. The summed E-state index contributed by atoms with van der Waals surface area (Å²) in [6.45, 7) is 3.06. The SMILES string of the molecule is CC(=O)N1CCC2(CCc3c(cccc3C(O)NO)O2)CC1. The van der Waals surface area contributed by atoms with E-state index in [1.165, 1.54) is 0 Å². The Bertz CT molecular complexity index is 567. The van der Waals surface area contributed by atoms with Gasteiger partial charge < -0.3 is 20.0 Å². The molecular weight excluding hydrogens is 284 g/mol. The number of carbonyl (C=O) groups excluding carboxylic acids is 1. The summed E-state index contributed by atoms with van der Waals surface area (Å²) in [5, 5.41) is 18.8. The highest BCUT2D eigenvalue weighted by Crippen LogP contribution is 2.41. The normalized spacial score (nSPS) is 21.1. The van der Waals surface area contributed by atoms with Crippen LogP contribution < -0.4 is 10.2 Å². The van der Waals surface area contributed by atoms with Gasteiger partial charge in [-0.25, -0.2) is 0 Å². The van der Waals surface area contributed by atoms with Crippen LogP contribution >= 0.6 is 0 Å². The number of ether oxygens (including phenoxy) is 1. The maximum absolute atomic E-state index is 11.4. The fraction of sp³-hybridized carbons (Fsp3) is 0.562. The van der Waals surface area contributed by atoms with Gasteiger partial charge in [-0.3, -0.25) is 4.79 Å². The number of fused-ring (bicyclic) bond motifs is 1. The van der Waals surface area contributed by atoms with Crippen molar-refractivity contribution in [1.82, 2.24) is 10.4 Å². The number of aliphatic hydroxyl groups is 1. The van der Waals surface area contributed by atoms with Crippen LogP contribution in [0.4, 0.5) is 0 Å². The molecule has 2 aliphatic rings. The molecule has 3 rings (SSSR count). The van der Waals surface area contributed by atoms with Crippen LogP contribution in [0.5, 0.6) is 5.75 Å². The van der Waals surface area contributed by atoms with Crippen LogP contribution in [0.2, 0.25) is 0 Å². The Labute approximate surface area is 129 Å². The molecule has 1 unspecified atom stereocenters. The summed E-state index contributed by atoms with van der Waals surface area (Å²) in [5.41, 5.74) is 3.25. The third-order valence-corrected chi connectivity index (χ3v) is 4.86. The Kier molecular flexibility index (Phi) is 4.08. The lowest BCUT2D eigenvalue weighted by Crippen LogP contribution is -2.50. The number of amides is 1. The number of nitrogens with one attached hydrogen (secondary N) is 1. The minimum Gasteiger partial charge on any atom is -0.487 e. The second kappa shape index (κ2) is 5.87. The van der Waals surface area contributed by atoms with Gasteiger partial charge in [0.1, 0.15) is 11.4 Å². The van der Waals surface area contributed by atoms with Crippen LogP contribution in [-0.4, -0.2) is 39.8 Å². The van der Waals surface area contributed by atoms with E-state index in [4.69, 9.17) is 9.94 Å². The maximum Gasteiger partial charge on any atom is 0.219 e. The minimum atomic E-state index is -1.10. The van der Waals surface area contributed by atoms with Gasteiger partial charge in [0.25, 0.3) is 0 Å². The van der Waals surface area contributed by atoms with Crippen LogP contribution in [0.25, 0.3) is 0 Å². The summed E-state index contributed by atoms with van der Waals surface area (Å²) in [7, 11) is 0. The third-order valence-electron chi connectivity index (χ3n) is 4.86. The summed E-state index contributed by atoms with van der Waals surface area (Å²) >= 11 is 0. The summed E-state index contributed by atoms with van der Waals surface area (Å²) in [4.78, 5) is 13.3. The number of hydrogen-bond donors (Lipinski definition) is 3. The Balaban J connectivity index is 1.79. The van der Waals surface area contributed by atoms with Gasteiger partial charge in [0, 0.05) is 44.0 Å². The Morgan fingerprint density at radius 1 is 1.36 bits per heavy atom. The van der Waals surface area contributed by atoms with Crippen molar-refractivity contribution in [1.29, 1.82) is 0 Å². The molecule has 1 aromatic carbocycles. The zero-order chi connectivity index (χ0) is 15.7. The molecule has 1 fully saturated rings. The monoisotopic (exact) mass is 306 g/mol. The van der Waals surface area contributed by atoms with E-state index in [1.807, 2.05) is 22.5 Å². The molecular formula is C16H22N2O4. The van der Waals surface area contributed by atoms with Crippen molar-refractivity contribution in [2.45, 2.75) is 44.4 Å². The Morgan fingerprint density at radius 3 is 2.73 bits per heavy atom. The first-order valence-corrected chi connectivity index (χ1v) is 7.69. The fourth-order valence-electron chi connectivity index (χ4n) is 3.49. The molecule has 0 radical (unpaired) electrons. The number of benzene rings is 1. The minimum absolute atomic E-state index is 0.116. The summed E-state index contributed by atoms with van der Waals surface area (Å²) in [6, 6.07) is 5.51. The number of piperidine rings is 1. The van der Waals surface area contributed by atoms with E-state index in [-0.39, 0.29) is 11.5 Å². The average Bonchev–Trinajstić information content (AvgIpc) is 2.53. The third kappa shape index (κ3) is 2.69. The van der Waals surface area contributed by atoms with Gasteiger partial charge in [0.2, 0.25) is 5.91 Å². The maximum atomic E-state index is 11.4. The number of likely N-dealkylation sites (tertiary alicyclic amines) is 1. The Morgan fingerprint density at radius 2 is 2.09 bits per heavy atom. The van der Waals surface area contributed by atoms with Crippen molar-refractivity contribution in [3.05, 3.63) is 29.3 Å². The first kappa shape index (κ1) is 15.3. The van der Waals surface area contributed by atoms with E-state index in [0.29, 0.717) is 5.56 Å². The van der Waals surface area contributed by atoms with Crippen molar-refractivity contribution >= 4 is 5.91 Å². The molecule has 0 saturated carbocycles. The molecule has 2 heterocycles. The molecule has 0 aromatic heterocycles. The molecule has 6 nitrogen and oxygen atoms in total. The molecule has 3 N–H and O–H groups in total. The molecule has 1 spiro atoms. The number of hydrogen-bond acceptors (Lipinski definition) is 5. The van der Waals surface area contributed by atoms with Gasteiger partial charge in [-0.1, -0.05) is 12.1 Å². The van der Waals surface area contributed by atoms with Crippen LogP contribution in [0.3, 0.4) is 0 Å². The van der Waals surface area contributed by atoms with E-state index in [9.17, 15) is 9.90 Å². The van der Waals surface area contributed by atoms with E-state index < -0.39 is 6.23 Å². The largest absolute Gasteiger partial charge is 0.487 e.